The number of para-hydroxylation sites is 2. The second-order valence-corrected chi connectivity index (χ2v) is 5.21. The highest BCUT2D eigenvalue weighted by Gasteiger charge is 2.26. The molecule has 1 heterocycles. The molecule has 1 N–H and O–H groups in total. The third kappa shape index (κ3) is 3.95. The number of fused-ring (bicyclic) bond motifs is 1. The molecule has 1 amide bonds. The van der Waals surface area contributed by atoms with Crippen LogP contribution in [0.15, 0.2) is 53.6 Å². The molecule has 1 unspecified atom stereocenters. The van der Waals surface area contributed by atoms with Gasteiger partial charge in [0.15, 0.2) is 11.5 Å². The van der Waals surface area contributed by atoms with Crippen molar-refractivity contribution in [2.75, 3.05) is 13.7 Å². The molecule has 1 aliphatic heterocycles. The summed E-state index contributed by atoms with van der Waals surface area (Å²) in [4.78, 5) is 23.4. The number of hydrazone groups is 1. The summed E-state index contributed by atoms with van der Waals surface area (Å²) in [6.07, 6.45) is 0.699. The maximum Gasteiger partial charge on any atom is 0.337 e. The summed E-state index contributed by atoms with van der Waals surface area (Å²) in [5.41, 5.74) is 3.58. The van der Waals surface area contributed by atoms with Crippen LogP contribution in [0.25, 0.3) is 0 Å². The van der Waals surface area contributed by atoms with Crippen LogP contribution in [-0.4, -0.2) is 37.9 Å². The number of benzene rings is 2. The highest BCUT2D eigenvalue weighted by atomic mass is 16.6. The smallest absolute Gasteiger partial charge is 0.337 e. The zero-order chi connectivity index (χ0) is 17.6. The first kappa shape index (κ1) is 16.5. The minimum absolute atomic E-state index is 0.117. The Hall–Kier alpha value is -3.35. The summed E-state index contributed by atoms with van der Waals surface area (Å²) in [5, 5.41) is 3.89. The lowest BCUT2D eigenvalue weighted by molar-refractivity contribution is -0.130. The molecule has 0 saturated heterocycles. The molecule has 7 heteroatoms. The van der Waals surface area contributed by atoms with E-state index < -0.39 is 18.0 Å². The van der Waals surface area contributed by atoms with Gasteiger partial charge >= 0.3 is 5.97 Å². The average molecular weight is 340 g/mol. The minimum atomic E-state index is -0.770. The van der Waals surface area contributed by atoms with E-state index in [-0.39, 0.29) is 6.61 Å². The lowest BCUT2D eigenvalue weighted by Crippen LogP contribution is -2.42. The van der Waals surface area contributed by atoms with Gasteiger partial charge in [-0.1, -0.05) is 24.3 Å². The van der Waals surface area contributed by atoms with Crippen LogP contribution in [-0.2, 0) is 9.53 Å². The van der Waals surface area contributed by atoms with Crippen LogP contribution in [0, 0.1) is 0 Å². The number of hydrogen-bond acceptors (Lipinski definition) is 6. The number of nitrogens with one attached hydrogen (secondary N) is 1. The topological polar surface area (TPSA) is 86.2 Å². The first-order valence-electron chi connectivity index (χ1n) is 7.57. The molecular weight excluding hydrogens is 324 g/mol. The average Bonchev–Trinajstić information content (AvgIpc) is 2.67. The van der Waals surface area contributed by atoms with Gasteiger partial charge in [0.05, 0.1) is 18.9 Å². The van der Waals surface area contributed by atoms with Gasteiger partial charge in [0.25, 0.3) is 5.91 Å². The number of nitrogens with zero attached hydrogens (tertiary/aromatic N) is 1. The standard InChI is InChI=1S/C18H16N2O5/c1-23-18(22)13-8-6-12(7-9-13)10-19-20-17(21)16-11-24-14-4-2-3-5-15(14)25-16/h2-10,16H,11H2,1H3,(H,20,21). The normalized spacial score (nSPS) is 15.6. The number of rotatable bonds is 4. The summed E-state index contributed by atoms with van der Waals surface area (Å²) < 4.78 is 15.7. The Morgan fingerprint density at radius 2 is 1.88 bits per heavy atom. The van der Waals surface area contributed by atoms with Gasteiger partial charge in [0.2, 0.25) is 6.10 Å². The molecule has 2 aromatic rings. The van der Waals surface area contributed by atoms with Crippen molar-refractivity contribution >= 4 is 18.1 Å². The largest absolute Gasteiger partial charge is 0.485 e. The van der Waals surface area contributed by atoms with E-state index in [4.69, 9.17) is 9.47 Å². The third-order valence-corrected chi connectivity index (χ3v) is 3.52. The molecule has 3 rings (SSSR count). The van der Waals surface area contributed by atoms with Crippen molar-refractivity contribution in [1.82, 2.24) is 5.43 Å². The van der Waals surface area contributed by atoms with Gasteiger partial charge in [-0.05, 0) is 29.8 Å². The van der Waals surface area contributed by atoms with E-state index in [0.717, 1.165) is 5.56 Å². The molecule has 0 bridgehead atoms. The first-order valence-corrected chi connectivity index (χ1v) is 7.57. The molecule has 25 heavy (non-hydrogen) atoms. The van der Waals surface area contributed by atoms with Crippen molar-refractivity contribution in [3.63, 3.8) is 0 Å². The summed E-state index contributed by atoms with van der Waals surface area (Å²) >= 11 is 0. The molecular formula is C18H16N2O5. The van der Waals surface area contributed by atoms with E-state index in [9.17, 15) is 9.59 Å². The Morgan fingerprint density at radius 3 is 2.60 bits per heavy atom. The van der Waals surface area contributed by atoms with Gasteiger partial charge in [-0.3, -0.25) is 4.79 Å². The quantitative estimate of drug-likeness (QED) is 0.521. The fraction of sp³-hybridized carbons (Fsp3) is 0.167. The molecule has 0 aromatic heterocycles. The molecule has 7 nitrogen and oxygen atoms in total. The predicted octanol–water partition coefficient (Wildman–Crippen LogP) is 1.76. The van der Waals surface area contributed by atoms with Gasteiger partial charge in [0, 0.05) is 0 Å². The molecule has 0 spiro atoms. The Kier molecular flexibility index (Phi) is 4.94. The van der Waals surface area contributed by atoms with Crippen LogP contribution < -0.4 is 14.9 Å². The lowest BCUT2D eigenvalue weighted by Gasteiger charge is -2.24. The Morgan fingerprint density at radius 1 is 1.16 bits per heavy atom. The van der Waals surface area contributed by atoms with Crippen molar-refractivity contribution < 1.29 is 23.8 Å². The van der Waals surface area contributed by atoms with Gasteiger partial charge < -0.3 is 14.2 Å². The molecule has 0 aliphatic carbocycles. The maximum atomic E-state index is 12.1. The molecule has 0 saturated carbocycles. The fourth-order valence-electron chi connectivity index (χ4n) is 2.21. The van der Waals surface area contributed by atoms with Crippen LogP contribution in [0.2, 0.25) is 0 Å². The van der Waals surface area contributed by atoms with Crippen molar-refractivity contribution in [1.29, 1.82) is 0 Å². The number of methoxy groups -OCH3 is 1. The third-order valence-electron chi connectivity index (χ3n) is 3.52. The molecule has 1 aliphatic rings. The summed E-state index contributed by atoms with van der Waals surface area (Å²) in [6.45, 7) is 0.117. The zero-order valence-corrected chi connectivity index (χ0v) is 13.5. The monoisotopic (exact) mass is 340 g/mol. The second kappa shape index (κ2) is 7.48. The Labute approximate surface area is 144 Å². The summed E-state index contributed by atoms with van der Waals surface area (Å²) in [7, 11) is 1.32. The number of carbonyl (C=O) groups is 2. The predicted molar refractivity (Wildman–Crippen MR) is 89.9 cm³/mol. The minimum Gasteiger partial charge on any atom is -0.485 e. The van der Waals surface area contributed by atoms with E-state index in [1.165, 1.54) is 13.3 Å². The second-order valence-electron chi connectivity index (χ2n) is 5.21. The fourth-order valence-corrected chi connectivity index (χ4v) is 2.21. The van der Waals surface area contributed by atoms with E-state index in [2.05, 4.69) is 15.3 Å². The van der Waals surface area contributed by atoms with E-state index >= 15 is 0 Å². The van der Waals surface area contributed by atoms with E-state index in [1.807, 2.05) is 6.07 Å². The molecule has 1 atom stereocenters. The maximum absolute atomic E-state index is 12.1. The van der Waals surface area contributed by atoms with Crippen LogP contribution in [0.4, 0.5) is 0 Å². The zero-order valence-electron chi connectivity index (χ0n) is 13.5. The highest BCUT2D eigenvalue weighted by molar-refractivity contribution is 5.91. The van der Waals surface area contributed by atoms with Crippen LogP contribution >= 0.6 is 0 Å². The number of carbonyl (C=O) groups excluding carboxylic acids is 2. The van der Waals surface area contributed by atoms with Gasteiger partial charge in [-0.25, -0.2) is 10.2 Å². The van der Waals surface area contributed by atoms with Gasteiger partial charge in [0.1, 0.15) is 6.61 Å². The number of esters is 1. The number of amides is 1. The van der Waals surface area contributed by atoms with Crippen molar-refractivity contribution in [2.24, 2.45) is 5.10 Å². The SMILES string of the molecule is COC(=O)c1ccc(C=NNC(=O)C2COc3ccccc3O2)cc1. The van der Waals surface area contributed by atoms with Crippen LogP contribution in [0.3, 0.4) is 0 Å². The molecule has 0 fully saturated rings. The summed E-state index contributed by atoms with van der Waals surface area (Å²) in [6, 6.07) is 13.8. The van der Waals surface area contributed by atoms with Crippen LogP contribution in [0.5, 0.6) is 11.5 Å². The molecule has 2 aromatic carbocycles. The van der Waals surface area contributed by atoms with Gasteiger partial charge in [-0.2, -0.15) is 5.10 Å². The lowest BCUT2D eigenvalue weighted by atomic mass is 10.1. The first-order chi connectivity index (χ1) is 12.2. The summed E-state index contributed by atoms with van der Waals surface area (Å²) in [5.74, 6) is 0.320. The number of hydrogen-bond donors (Lipinski definition) is 1. The van der Waals surface area contributed by atoms with Gasteiger partial charge in [-0.15, -0.1) is 0 Å². The Balaban J connectivity index is 1.55. The van der Waals surface area contributed by atoms with Crippen LogP contribution in [0.1, 0.15) is 15.9 Å². The Bertz CT molecular complexity index is 801. The molecule has 0 radical (unpaired) electrons. The van der Waals surface area contributed by atoms with E-state index in [1.54, 1.807) is 42.5 Å². The molecule has 128 valence electrons. The van der Waals surface area contributed by atoms with Crippen molar-refractivity contribution in [3.8, 4) is 11.5 Å². The van der Waals surface area contributed by atoms with Crippen molar-refractivity contribution in [3.05, 3.63) is 59.7 Å². The van der Waals surface area contributed by atoms with Crippen molar-refractivity contribution in [2.45, 2.75) is 6.10 Å². The highest BCUT2D eigenvalue weighted by Crippen LogP contribution is 2.30. The number of ether oxygens (including phenoxy) is 3. The van der Waals surface area contributed by atoms with E-state index in [0.29, 0.717) is 17.1 Å².